The lowest BCUT2D eigenvalue weighted by Gasteiger charge is -2.37. The Morgan fingerprint density at radius 1 is 1.07 bits per heavy atom. The van der Waals surface area contributed by atoms with Crippen LogP contribution in [0.3, 0.4) is 0 Å². The van der Waals surface area contributed by atoms with Crippen LogP contribution in [0.15, 0.2) is 0 Å². The highest BCUT2D eigenvalue weighted by Crippen LogP contribution is 2.19. The third-order valence-electron chi connectivity index (χ3n) is 4.84. The second-order valence-electron chi connectivity index (χ2n) is 7.15. The number of likely N-dealkylation sites (tertiary alicyclic amines) is 1. The summed E-state index contributed by atoms with van der Waals surface area (Å²) in [6, 6.07) is 0. The lowest BCUT2D eigenvalue weighted by molar-refractivity contribution is 0.0134. The normalized spacial score (nSPS) is 15.7. The highest BCUT2D eigenvalue weighted by Gasteiger charge is 2.35. The Kier molecular flexibility index (Phi) is 10.5. The number of hydrogen-bond donors (Lipinski definition) is 1. The molecule has 11 heteroatoms. The molecule has 168 valence electrons. The van der Waals surface area contributed by atoms with E-state index in [2.05, 4.69) is 27.5 Å². The number of aromatic nitrogens is 3. The summed E-state index contributed by atoms with van der Waals surface area (Å²) >= 11 is 0. The maximum absolute atomic E-state index is 11.5. The molecule has 0 unspecified atom stereocenters. The van der Waals surface area contributed by atoms with Gasteiger partial charge in [0.15, 0.2) is 9.84 Å². The molecule has 1 aromatic rings. The average molecular weight is 434 g/mol. The van der Waals surface area contributed by atoms with E-state index in [9.17, 15) is 8.42 Å². The Balaban J connectivity index is 1.59. The number of sulfone groups is 1. The van der Waals surface area contributed by atoms with Crippen molar-refractivity contribution in [1.82, 2.24) is 25.2 Å². The fraction of sp³-hybridized carbons (Fsp3) is 0.889. The molecule has 0 amide bonds. The summed E-state index contributed by atoms with van der Waals surface area (Å²) in [6.45, 7) is 8.76. The van der Waals surface area contributed by atoms with Crippen molar-refractivity contribution in [2.45, 2.75) is 31.7 Å². The number of rotatable bonds is 16. The van der Waals surface area contributed by atoms with Crippen LogP contribution in [0.2, 0.25) is 0 Å². The van der Waals surface area contributed by atoms with Gasteiger partial charge in [-0.3, -0.25) is 4.90 Å². The van der Waals surface area contributed by atoms with Gasteiger partial charge in [-0.05, 0) is 13.5 Å². The number of ether oxygens (including phenoxy) is 3. The van der Waals surface area contributed by atoms with Crippen LogP contribution in [0.1, 0.15) is 18.3 Å². The number of likely N-dealkylation sites (N-methyl/N-ethyl adjacent to an activating group) is 1. The molecule has 0 bridgehead atoms. The zero-order valence-electron chi connectivity index (χ0n) is 17.8. The van der Waals surface area contributed by atoms with Crippen LogP contribution in [0, 0.1) is 0 Å². The zero-order valence-corrected chi connectivity index (χ0v) is 18.6. The summed E-state index contributed by atoms with van der Waals surface area (Å²) in [6.07, 6.45) is 2.12. The van der Waals surface area contributed by atoms with Crippen molar-refractivity contribution in [2.24, 2.45) is 0 Å². The van der Waals surface area contributed by atoms with Gasteiger partial charge >= 0.3 is 0 Å². The Morgan fingerprint density at radius 2 is 1.69 bits per heavy atom. The third kappa shape index (κ3) is 8.27. The van der Waals surface area contributed by atoms with Crippen molar-refractivity contribution in [3.63, 3.8) is 0 Å². The Labute approximate surface area is 173 Å². The lowest BCUT2D eigenvalue weighted by atomic mass is 10.1. The first-order valence-electron chi connectivity index (χ1n) is 10.2. The molecule has 1 aliphatic heterocycles. The van der Waals surface area contributed by atoms with Crippen LogP contribution >= 0.6 is 0 Å². The maximum Gasteiger partial charge on any atom is 0.152 e. The van der Waals surface area contributed by atoms with Gasteiger partial charge in [0.05, 0.1) is 62.8 Å². The molecule has 1 aliphatic rings. The minimum atomic E-state index is -2.95. The number of nitrogens with one attached hydrogen (secondary N) is 1. The van der Waals surface area contributed by atoms with E-state index in [1.54, 1.807) is 0 Å². The van der Waals surface area contributed by atoms with Crippen LogP contribution < -0.4 is 5.32 Å². The molecule has 1 saturated heterocycles. The fourth-order valence-electron chi connectivity index (χ4n) is 3.06. The molecule has 0 aliphatic carbocycles. The molecule has 0 atom stereocenters. The van der Waals surface area contributed by atoms with Gasteiger partial charge in [-0.1, -0.05) is 12.1 Å². The summed E-state index contributed by atoms with van der Waals surface area (Å²) in [5.41, 5.74) is 1.99. The molecule has 2 heterocycles. The molecular weight excluding hydrogens is 398 g/mol. The van der Waals surface area contributed by atoms with Gasteiger partial charge in [0.25, 0.3) is 0 Å². The van der Waals surface area contributed by atoms with Gasteiger partial charge in [0.1, 0.15) is 0 Å². The zero-order chi connectivity index (χ0) is 21.1. The van der Waals surface area contributed by atoms with Gasteiger partial charge in [0, 0.05) is 32.4 Å². The molecule has 0 saturated carbocycles. The van der Waals surface area contributed by atoms with Crippen molar-refractivity contribution < 1.29 is 22.6 Å². The minimum Gasteiger partial charge on any atom is -0.378 e. The third-order valence-corrected chi connectivity index (χ3v) is 6.35. The molecule has 1 fully saturated rings. The predicted molar refractivity (Wildman–Crippen MR) is 110 cm³/mol. The van der Waals surface area contributed by atoms with E-state index in [0.717, 1.165) is 24.4 Å². The molecule has 0 spiro atoms. The smallest absolute Gasteiger partial charge is 0.152 e. The first kappa shape index (κ1) is 24.2. The monoisotopic (exact) mass is 433 g/mol. The number of hydrogen-bond acceptors (Lipinski definition) is 9. The van der Waals surface area contributed by atoms with E-state index in [0.29, 0.717) is 65.8 Å². The van der Waals surface area contributed by atoms with Gasteiger partial charge < -0.3 is 19.5 Å². The summed E-state index contributed by atoms with van der Waals surface area (Å²) in [4.78, 5) is 2.09. The second kappa shape index (κ2) is 12.6. The standard InChI is InChI=1S/C18H35N5O5S/c1-4-18-17(15-22-13-16(14-22)29(3,24)25)20-21-23(18)6-8-27-10-12-28-11-9-26-7-5-19-2/h16,19H,4-15H2,1-3H3. The SMILES string of the molecule is CCc1c(CN2CC(S(C)(=O)=O)C2)nnn1CCOCCOCCOCCNC. The van der Waals surface area contributed by atoms with E-state index in [1.165, 1.54) is 6.26 Å². The Bertz CT molecular complexity index is 691. The Hall–Kier alpha value is -1.11. The molecule has 1 aromatic heterocycles. The highest BCUT2D eigenvalue weighted by molar-refractivity contribution is 7.91. The van der Waals surface area contributed by atoms with Crippen molar-refractivity contribution in [2.75, 3.05) is 72.6 Å². The van der Waals surface area contributed by atoms with Crippen molar-refractivity contribution in [3.05, 3.63) is 11.4 Å². The van der Waals surface area contributed by atoms with Crippen LogP contribution in [-0.2, 0) is 43.6 Å². The molecular formula is C18H35N5O5S. The summed E-state index contributed by atoms with van der Waals surface area (Å²) in [7, 11) is -1.06. The summed E-state index contributed by atoms with van der Waals surface area (Å²) in [5, 5.41) is 11.3. The molecule has 0 radical (unpaired) electrons. The molecule has 0 aromatic carbocycles. The van der Waals surface area contributed by atoms with Gasteiger partial charge in [-0.15, -0.1) is 5.10 Å². The van der Waals surface area contributed by atoms with Gasteiger partial charge in [-0.25, -0.2) is 13.1 Å². The molecule has 1 N–H and O–H groups in total. The summed E-state index contributed by atoms with van der Waals surface area (Å²) in [5.74, 6) is 0. The second-order valence-corrected chi connectivity index (χ2v) is 9.47. The lowest BCUT2D eigenvalue weighted by Crippen LogP contribution is -2.53. The number of nitrogens with zero attached hydrogens (tertiary/aromatic N) is 4. The topological polar surface area (TPSA) is 108 Å². The van der Waals surface area contributed by atoms with E-state index < -0.39 is 9.84 Å². The quantitative estimate of drug-likeness (QED) is 0.340. The van der Waals surface area contributed by atoms with Crippen molar-refractivity contribution >= 4 is 9.84 Å². The van der Waals surface area contributed by atoms with Gasteiger partial charge in [-0.2, -0.15) is 0 Å². The molecule has 29 heavy (non-hydrogen) atoms. The highest BCUT2D eigenvalue weighted by atomic mass is 32.2. The summed E-state index contributed by atoms with van der Waals surface area (Å²) < 4.78 is 41.4. The predicted octanol–water partition coefficient (Wildman–Crippen LogP) is -0.661. The van der Waals surface area contributed by atoms with Crippen LogP contribution in [0.4, 0.5) is 0 Å². The van der Waals surface area contributed by atoms with Crippen LogP contribution in [0.5, 0.6) is 0 Å². The molecule has 2 rings (SSSR count). The van der Waals surface area contributed by atoms with Crippen molar-refractivity contribution in [1.29, 1.82) is 0 Å². The minimum absolute atomic E-state index is 0.252. The first-order valence-corrected chi connectivity index (χ1v) is 12.1. The van der Waals surface area contributed by atoms with Crippen molar-refractivity contribution in [3.8, 4) is 0 Å². The van der Waals surface area contributed by atoms with E-state index in [-0.39, 0.29) is 5.25 Å². The average Bonchev–Trinajstić information content (AvgIpc) is 3.02. The first-order chi connectivity index (χ1) is 14.0. The van der Waals surface area contributed by atoms with Gasteiger partial charge in [0.2, 0.25) is 0 Å². The largest absolute Gasteiger partial charge is 0.378 e. The Morgan fingerprint density at radius 3 is 2.28 bits per heavy atom. The van der Waals surface area contributed by atoms with Crippen LogP contribution in [-0.4, -0.2) is 106 Å². The fourth-order valence-corrected chi connectivity index (χ4v) is 4.02. The van der Waals surface area contributed by atoms with Crippen LogP contribution in [0.25, 0.3) is 0 Å². The van der Waals surface area contributed by atoms with E-state index in [1.807, 2.05) is 11.7 Å². The van der Waals surface area contributed by atoms with E-state index in [4.69, 9.17) is 14.2 Å². The van der Waals surface area contributed by atoms with E-state index >= 15 is 0 Å². The molecule has 10 nitrogen and oxygen atoms in total. The maximum atomic E-state index is 11.5.